The van der Waals surface area contributed by atoms with Gasteiger partial charge in [-0.15, -0.1) is 0 Å². The van der Waals surface area contributed by atoms with Crippen LogP contribution in [0.15, 0.2) is 29.2 Å². The van der Waals surface area contributed by atoms with E-state index in [1.165, 1.54) is 0 Å². The zero-order chi connectivity index (χ0) is 9.42. The van der Waals surface area contributed by atoms with E-state index in [-0.39, 0.29) is 5.56 Å². The Hall–Kier alpha value is -1.84. The number of H-pyrrole nitrogens is 1. The van der Waals surface area contributed by atoms with Crippen molar-refractivity contribution in [2.45, 2.75) is 6.92 Å². The third kappa shape index (κ3) is 1.26. The fraction of sp³-hybridized carbons (Fsp3) is 0.111. The largest absolute Gasteiger partial charge is 0.618 e. The summed E-state index contributed by atoms with van der Waals surface area (Å²) in [4.78, 5) is 13.5. The second-order valence-corrected chi connectivity index (χ2v) is 2.96. The van der Waals surface area contributed by atoms with Crippen molar-refractivity contribution in [3.63, 3.8) is 0 Å². The van der Waals surface area contributed by atoms with Gasteiger partial charge < -0.3 is 10.2 Å². The Morgan fingerprint density at radius 2 is 2.23 bits per heavy atom. The summed E-state index contributed by atoms with van der Waals surface area (Å²) in [6.45, 7) is 1.89. The lowest BCUT2D eigenvalue weighted by atomic mass is 10.2. The Kier molecular flexibility index (Phi) is 1.55. The number of aromatic nitrogens is 2. The second kappa shape index (κ2) is 2.58. The van der Waals surface area contributed by atoms with Gasteiger partial charge in [-0.05, 0) is 18.6 Å². The van der Waals surface area contributed by atoms with E-state index >= 15 is 0 Å². The molecular weight excluding hydrogens is 168 g/mol. The van der Waals surface area contributed by atoms with E-state index in [0.717, 1.165) is 11.8 Å². The molecule has 0 fully saturated rings. The van der Waals surface area contributed by atoms with Crippen molar-refractivity contribution < 1.29 is 4.73 Å². The third-order valence-electron chi connectivity index (χ3n) is 1.88. The van der Waals surface area contributed by atoms with Crippen LogP contribution in [0.1, 0.15) is 5.56 Å². The molecule has 2 rings (SSSR count). The van der Waals surface area contributed by atoms with Crippen molar-refractivity contribution in [2.75, 3.05) is 0 Å². The topological polar surface area (TPSA) is 59.8 Å². The Balaban J connectivity index is 2.95. The molecule has 0 aliphatic carbocycles. The van der Waals surface area contributed by atoms with E-state index in [1.54, 1.807) is 12.1 Å². The summed E-state index contributed by atoms with van der Waals surface area (Å²) >= 11 is 0. The lowest BCUT2D eigenvalue weighted by Crippen LogP contribution is -2.32. The highest BCUT2D eigenvalue weighted by Gasteiger charge is 2.04. The van der Waals surface area contributed by atoms with Gasteiger partial charge in [0.05, 0.1) is 0 Å². The Labute approximate surface area is 74.0 Å². The summed E-state index contributed by atoms with van der Waals surface area (Å²) in [6.07, 6.45) is 0.988. The maximum Gasteiger partial charge on any atom is 0.314 e. The number of rotatable bonds is 0. The Morgan fingerprint density at radius 3 is 3.00 bits per heavy atom. The minimum Gasteiger partial charge on any atom is -0.618 e. The van der Waals surface area contributed by atoms with Gasteiger partial charge in [-0.25, -0.2) is 0 Å². The SMILES string of the molecule is Cc1ccc2[nH]c(=O)c[n+]([O-])c2c1. The van der Waals surface area contributed by atoms with Crippen LogP contribution in [0.3, 0.4) is 0 Å². The van der Waals surface area contributed by atoms with Crippen LogP contribution in [0.2, 0.25) is 0 Å². The predicted octanol–water partition coefficient (Wildman–Crippen LogP) is 0.470. The van der Waals surface area contributed by atoms with Crippen molar-refractivity contribution >= 4 is 11.0 Å². The molecule has 0 spiro atoms. The summed E-state index contributed by atoms with van der Waals surface area (Å²) in [6, 6.07) is 5.30. The number of fused-ring (bicyclic) bond motifs is 1. The van der Waals surface area contributed by atoms with Crippen LogP contribution in [-0.4, -0.2) is 4.98 Å². The van der Waals surface area contributed by atoms with E-state index in [0.29, 0.717) is 15.8 Å². The summed E-state index contributed by atoms with van der Waals surface area (Å²) in [5.41, 5.74) is 1.66. The van der Waals surface area contributed by atoms with E-state index in [1.807, 2.05) is 13.0 Å². The highest BCUT2D eigenvalue weighted by Crippen LogP contribution is 2.06. The minimum atomic E-state index is -0.383. The first-order valence-corrected chi connectivity index (χ1v) is 3.90. The quantitative estimate of drug-likeness (QED) is 0.468. The molecule has 1 aromatic heterocycles. The summed E-state index contributed by atoms with van der Waals surface area (Å²) < 4.78 is 0.584. The summed E-state index contributed by atoms with van der Waals surface area (Å²) in [7, 11) is 0. The predicted molar refractivity (Wildman–Crippen MR) is 48.3 cm³/mol. The molecule has 0 aliphatic rings. The molecular formula is C9H8N2O2. The van der Waals surface area contributed by atoms with Gasteiger partial charge in [0.15, 0.2) is 0 Å². The van der Waals surface area contributed by atoms with Gasteiger partial charge in [-0.2, -0.15) is 4.73 Å². The van der Waals surface area contributed by atoms with Gasteiger partial charge in [-0.1, -0.05) is 6.07 Å². The first-order valence-electron chi connectivity index (χ1n) is 3.90. The van der Waals surface area contributed by atoms with Crippen LogP contribution < -0.4 is 10.3 Å². The Morgan fingerprint density at radius 1 is 1.46 bits per heavy atom. The van der Waals surface area contributed by atoms with Crippen molar-refractivity contribution in [2.24, 2.45) is 0 Å². The average Bonchev–Trinajstić information content (AvgIpc) is 2.06. The van der Waals surface area contributed by atoms with Crippen LogP contribution >= 0.6 is 0 Å². The van der Waals surface area contributed by atoms with Crippen molar-refractivity contribution in [3.05, 3.63) is 45.5 Å². The molecule has 1 aromatic carbocycles. The van der Waals surface area contributed by atoms with Crippen molar-refractivity contribution in [1.29, 1.82) is 0 Å². The fourth-order valence-corrected chi connectivity index (χ4v) is 1.27. The molecule has 4 heteroatoms. The maximum atomic E-state index is 11.2. The maximum absolute atomic E-state index is 11.2. The first kappa shape index (κ1) is 7.79. The molecule has 0 amide bonds. The highest BCUT2D eigenvalue weighted by atomic mass is 16.5. The molecule has 1 N–H and O–H groups in total. The molecule has 2 aromatic rings. The lowest BCUT2D eigenvalue weighted by molar-refractivity contribution is -0.578. The van der Waals surface area contributed by atoms with E-state index < -0.39 is 0 Å². The van der Waals surface area contributed by atoms with Crippen LogP contribution in [-0.2, 0) is 0 Å². The smallest absolute Gasteiger partial charge is 0.314 e. The van der Waals surface area contributed by atoms with E-state index in [2.05, 4.69) is 4.98 Å². The van der Waals surface area contributed by atoms with Gasteiger partial charge >= 0.3 is 5.56 Å². The number of nitrogens with one attached hydrogen (secondary N) is 1. The highest BCUT2D eigenvalue weighted by molar-refractivity contribution is 5.71. The number of nitrogens with zero attached hydrogens (tertiary/aromatic N) is 1. The molecule has 66 valence electrons. The number of aromatic amines is 1. The summed E-state index contributed by atoms with van der Waals surface area (Å²) in [5.74, 6) is 0. The lowest BCUT2D eigenvalue weighted by Gasteiger charge is -2.00. The first-order chi connectivity index (χ1) is 6.16. The van der Waals surface area contributed by atoms with Gasteiger partial charge in [0.25, 0.3) is 0 Å². The minimum absolute atomic E-state index is 0.383. The number of hydrogen-bond acceptors (Lipinski definition) is 2. The molecule has 0 aliphatic heterocycles. The molecule has 0 unspecified atom stereocenters. The zero-order valence-corrected chi connectivity index (χ0v) is 7.07. The molecule has 0 radical (unpaired) electrons. The second-order valence-electron chi connectivity index (χ2n) is 2.96. The van der Waals surface area contributed by atoms with Gasteiger partial charge in [0.2, 0.25) is 11.7 Å². The monoisotopic (exact) mass is 176 g/mol. The standard InChI is InChI=1S/C9H8N2O2/c1-6-2-3-7-8(4-6)11(13)5-9(12)10-7/h2-5H,1H3,(H,10,12). The molecule has 4 nitrogen and oxygen atoms in total. The van der Waals surface area contributed by atoms with Gasteiger partial charge in [0, 0.05) is 6.07 Å². The van der Waals surface area contributed by atoms with Crippen LogP contribution in [0.5, 0.6) is 0 Å². The van der Waals surface area contributed by atoms with Crippen molar-refractivity contribution in [3.8, 4) is 0 Å². The molecule has 13 heavy (non-hydrogen) atoms. The molecule has 0 saturated heterocycles. The molecule has 0 bridgehead atoms. The zero-order valence-electron chi connectivity index (χ0n) is 7.07. The number of hydrogen-bond donors (Lipinski definition) is 1. The molecule has 1 heterocycles. The molecule has 0 saturated carbocycles. The Bertz CT molecular complexity index is 516. The molecule has 0 atom stereocenters. The van der Waals surface area contributed by atoms with E-state index in [4.69, 9.17) is 0 Å². The average molecular weight is 176 g/mol. The number of aryl methyl sites for hydroxylation is 1. The van der Waals surface area contributed by atoms with Crippen LogP contribution in [0.25, 0.3) is 11.0 Å². The third-order valence-corrected chi connectivity index (χ3v) is 1.88. The van der Waals surface area contributed by atoms with Crippen LogP contribution in [0, 0.1) is 12.1 Å². The van der Waals surface area contributed by atoms with Gasteiger partial charge in [0.1, 0.15) is 5.52 Å². The number of benzene rings is 1. The van der Waals surface area contributed by atoms with Crippen molar-refractivity contribution in [1.82, 2.24) is 4.98 Å². The van der Waals surface area contributed by atoms with Gasteiger partial charge in [-0.3, -0.25) is 4.79 Å². The van der Waals surface area contributed by atoms with E-state index in [9.17, 15) is 10.0 Å². The fourth-order valence-electron chi connectivity index (χ4n) is 1.27. The van der Waals surface area contributed by atoms with Crippen LogP contribution in [0.4, 0.5) is 0 Å². The summed E-state index contributed by atoms with van der Waals surface area (Å²) in [5, 5.41) is 11.2. The normalized spacial score (nSPS) is 10.5.